The van der Waals surface area contributed by atoms with Crippen molar-refractivity contribution < 1.29 is 23.5 Å². The van der Waals surface area contributed by atoms with Gasteiger partial charge in [-0.3, -0.25) is 0 Å². The lowest BCUT2D eigenvalue weighted by Gasteiger charge is -2.21. The van der Waals surface area contributed by atoms with Crippen LogP contribution in [0.5, 0.6) is 0 Å². The first-order valence-corrected chi connectivity index (χ1v) is 5.37. The minimum absolute atomic E-state index is 0.174. The molecule has 1 saturated heterocycles. The topological polar surface area (TPSA) is 82.8 Å². The van der Waals surface area contributed by atoms with Crippen LogP contribution in [0.25, 0.3) is 0 Å². The summed E-state index contributed by atoms with van der Waals surface area (Å²) >= 11 is 0. The average molecular weight is 252 g/mol. The van der Waals surface area contributed by atoms with Crippen LogP contribution in [0, 0.1) is 5.41 Å². The minimum Gasteiger partial charge on any atom is -0.462 e. The number of ether oxygens (including phenoxy) is 2. The van der Waals surface area contributed by atoms with Gasteiger partial charge in [0.05, 0.1) is 6.26 Å². The Bertz CT molecular complexity index is 541. The van der Waals surface area contributed by atoms with Gasteiger partial charge < -0.3 is 13.9 Å². The summed E-state index contributed by atoms with van der Waals surface area (Å²) in [5.74, 6) is -1.49. The quantitative estimate of drug-likeness (QED) is 0.722. The van der Waals surface area contributed by atoms with Crippen LogP contribution in [0.2, 0.25) is 0 Å². The molecule has 0 radical (unpaired) electrons. The summed E-state index contributed by atoms with van der Waals surface area (Å²) in [5.41, 5.74) is -1.65. The molecule has 1 aliphatic rings. The Labute approximate surface area is 102 Å². The highest BCUT2D eigenvalue weighted by atomic mass is 16.6. The van der Waals surface area contributed by atoms with Gasteiger partial charge in [0.15, 0.2) is 0 Å². The molecule has 0 saturated carbocycles. The maximum Gasteiger partial charge on any atom is 0.350 e. The van der Waals surface area contributed by atoms with Gasteiger partial charge in [0.25, 0.3) is 0 Å². The predicted octanol–water partition coefficient (Wildman–Crippen LogP) is 0.748. The van der Waals surface area contributed by atoms with Crippen LogP contribution in [0.1, 0.15) is 24.2 Å². The molecule has 0 N–H and O–H groups in total. The zero-order valence-corrected chi connectivity index (χ0v) is 9.97. The van der Waals surface area contributed by atoms with Gasteiger partial charge in [0.2, 0.25) is 6.10 Å². The minimum atomic E-state index is -1.01. The van der Waals surface area contributed by atoms with E-state index in [1.807, 2.05) is 0 Å². The fourth-order valence-electron chi connectivity index (χ4n) is 1.63. The van der Waals surface area contributed by atoms with Crippen molar-refractivity contribution in [2.45, 2.75) is 20.0 Å². The van der Waals surface area contributed by atoms with Crippen molar-refractivity contribution in [3.8, 4) is 0 Å². The summed E-state index contributed by atoms with van der Waals surface area (Å²) in [6.07, 6.45) is 0.150. The van der Waals surface area contributed by atoms with E-state index in [9.17, 15) is 14.4 Å². The Kier molecular flexibility index (Phi) is 2.94. The second-order valence-corrected chi connectivity index (χ2v) is 4.70. The van der Waals surface area contributed by atoms with Crippen molar-refractivity contribution in [2.75, 3.05) is 6.61 Å². The lowest BCUT2D eigenvalue weighted by atomic mass is 9.90. The van der Waals surface area contributed by atoms with Gasteiger partial charge in [-0.1, -0.05) is 13.8 Å². The molecule has 6 heteroatoms. The standard InChI is InChI=1S/C12H12O6/c1-12(2)6-17-11(15)8(12)18-10(14)7-4-3-5-16-9(7)13/h3-5,8H,6H2,1-2H3/t8-/m1/s1. The maximum absolute atomic E-state index is 11.8. The van der Waals surface area contributed by atoms with Crippen molar-refractivity contribution in [1.29, 1.82) is 0 Å². The molecular weight excluding hydrogens is 240 g/mol. The molecule has 2 rings (SSSR count). The largest absolute Gasteiger partial charge is 0.462 e. The molecule has 0 amide bonds. The number of carbonyl (C=O) groups is 2. The number of esters is 2. The van der Waals surface area contributed by atoms with E-state index in [0.29, 0.717) is 0 Å². The number of hydrogen-bond donors (Lipinski definition) is 0. The SMILES string of the molecule is CC1(C)COC(=O)[C@H]1OC(=O)c1cccoc1=O. The zero-order chi connectivity index (χ0) is 13.3. The van der Waals surface area contributed by atoms with Crippen LogP contribution >= 0.6 is 0 Å². The summed E-state index contributed by atoms with van der Waals surface area (Å²) in [6.45, 7) is 3.65. The highest BCUT2D eigenvalue weighted by Crippen LogP contribution is 2.31. The average Bonchev–Trinajstić information content (AvgIpc) is 2.56. The van der Waals surface area contributed by atoms with E-state index in [-0.39, 0.29) is 12.2 Å². The Morgan fingerprint density at radius 2 is 2.17 bits per heavy atom. The van der Waals surface area contributed by atoms with Gasteiger partial charge >= 0.3 is 17.6 Å². The third-order valence-corrected chi connectivity index (χ3v) is 2.69. The molecule has 0 aromatic carbocycles. The smallest absolute Gasteiger partial charge is 0.350 e. The fourth-order valence-corrected chi connectivity index (χ4v) is 1.63. The van der Waals surface area contributed by atoms with E-state index in [1.54, 1.807) is 13.8 Å². The summed E-state index contributed by atoms with van der Waals surface area (Å²) < 4.78 is 14.4. The van der Waals surface area contributed by atoms with E-state index in [0.717, 1.165) is 6.26 Å². The molecule has 0 unspecified atom stereocenters. The molecular formula is C12H12O6. The normalized spacial score (nSPS) is 21.4. The molecule has 18 heavy (non-hydrogen) atoms. The lowest BCUT2D eigenvalue weighted by Crippen LogP contribution is -2.35. The monoisotopic (exact) mass is 252 g/mol. The number of cyclic esters (lactones) is 1. The number of carbonyl (C=O) groups excluding carboxylic acids is 2. The molecule has 1 aromatic rings. The van der Waals surface area contributed by atoms with Crippen LogP contribution < -0.4 is 5.63 Å². The zero-order valence-electron chi connectivity index (χ0n) is 9.97. The van der Waals surface area contributed by atoms with E-state index in [4.69, 9.17) is 9.47 Å². The maximum atomic E-state index is 11.8. The van der Waals surface area contributed by atoms with E-state index in [2.05, 4.69) is 4.42 Å². The lowest BCUT2D eigenvalue weighted by molar-refractivity contribution is -0.145. The van der Waals surface area contributed by atoms with Gasteiger partial charge in [0.1, 0.15) is 12.2 Å². The highest BCUT2D eigenvalue weighted by molar-refractivity contribution is 5.91. The highest BCUT2D eigenvalue weighted by Gasteiger charge is 2.46. The van der Waals surface area contributed by atoms with Crippen LogP contribution in [0.4, 0.5) is 0 Å². The van der Waals surface area contributed by atoms with Gasteiger partial charge in [-0.05, 0) is 12.1 Å². The van der Waals surface area contributed by atoms with Crippen molar-refractivity contribution in [3.05, 3.63) is 34.4 Å². The molecule has 1 fully saturated rings. The second-order valence-electron chi connectivity index (χ2n) is 4.70. The first-order valence-electron chi connectivity index (χ1n) is 5.37. The molecule has 1 aliphatic heterocycles. The summed E-state index contributed by atoms with van der Waals surface area (Å²) in [6, 6.07) is 2.68. The third kappa shape index (κ3) is 2.13. The number of hydrogen-bond acceptors (Lipinski definition) is 6. The van der Waals surface area contributed by atoms with E-state index in [1.165, 1.54) is 12.1 Å². The van der Waals surface area contributed by atoms with Crippen molar-refractivity contribution >= 4 is 11.9 Å². The predicted molar refractivity (Wildman–Crippen MR) is 58.9 cm³/mol. The van der Waals surface area contributed by atoms with Gasteiger partial charge in [-0.2, -0.15) is 0 Å². The van der Waals surface area contributed by atoms with Crippen molar-refractivity contribution in [3.63, 3.8) is 0 Å². The van der Waals surface area contributed by atoms with Crippen LogP contribution in [0.3, 0.4) is 0 Å². The van der Waals surface area contributed by atoms with Crippen LogP contribution in [0.15, 0.2) is 27.6 Å². The van der Waals surface area contributed by atoms with Crippen molar-refractivity contribution in [1.82, 2.24) is 0 Å². The molecule has 1 atom stereocenters. The molecule has 1 aromatic heterocycles. The first-order chi connectivity index (χ1) is 8.42. The van der Waals surface area contributed by atoms with E-state index < -0.39 is 29.1 Å². The Balaban J connectivity index is 2.20. The molecule has 6 nitrogen and oxygen atoms in total. The molecule has 0 aliphatic carbocycles. The first kappa shape index (κ1) is 12.3. The van der Waals surface area contributed by atoms with Gasteiger partial charge in [-0.15, -0.1) is 0 Å². The van der Waals surface area contributed by atoms with Gasteiger partial charge in [-0.25, -0.2) is 14.4 Å². The molecule has 96 valence electrons. The summed E-state index contributed by atoms with van der Waals surface area (Å²) in [5, 5.41) is 0. The summed E-state index contributed by atoms with van der Waals surface area (Å²) in [7, 11) is 0. The third-order valence-electron chi connectivity index (χ3n) is 2.69. The molecule has 0 bridgehead atoms. The van der Waals surface area contributed by atoms with Crippen LogP contribution in [-0.4, -0.2) is 24.6 Å². The molecule has 0 spiro atoms. The summed E-state index contributed by atoms with van der Waals surface area (Å²) in [4.78, 5) is 34.5. The van der Waals surface area contributed by atoms with Crippen LogP contribution in [-0.2, 0) is 14.3 Å². The van der Waals surface area contributed by atoms with E-state index >= 15 is 0 Å². The Morgan fingerprint density at radius 1 is 1.44 bits per heavy atom. The van der Waals surface area contributed by atoms with Gasteiger partial charge in [0, 0.05) is 5.41 Å². The fraction of sp³-hybridized carbons (Fsp3) is 0.417. The molecule has 2 heterocycles. The number of rotatable bonds is 2. The Hall–Kier alpha value is -2.11. The van der Waals surface area contributed by atoms with Crippen molar-refractivity contribution in [2.24, 2.45) is 5.41 Å². The second kappa shape index (κ2) is 4.29. The Morgan fingerprint density at radius 3 is 2.72 bits per heavy atom.